The monoisotopic (exact) mass is 412 g/mol. The Kier molecular flexibility index (Phi) is 5.57. The minimum Gasteiger partial charge on any atom is -0.441 e. The number of nitrogens with one attached hydrogen (secondary N) is 1. The van der Waals surface area contributed by atoms with Gasteiger partial charge in [0.15, 0.2) is 11.7 Å². The first-order valence-corrected chi connectivity index (χ1v) is 9.30. The van der Waals surface area contributed by atoms with Gasteiger partial charge in [-0.05, 0) is 44.0 Å². The topological polar surface area (TPSA) is 55.1 Å². The van der Waals surface area contributed by atoms with E-state index in [1.54, 1.807) is 6.20 Å². The second-order valence-corrected chi connectivity index (χ2v) is 7.37. The molecule has 26 heavy (non-hydrogen) atoms. The largest absolute Gasteiger partial charge is 0.441 e. The lowest BCUT2D eigenvalue weighted by Gasteiger charge is -2.12. The Morgan fingerprint density at radius 3 is 2.58 bits per heavy atom. The number of oxazole rings is 1. The molecule has 2 aromatic carbocycles. The normalized spacial score (nSPS) is 10.8. The van der Waals surface area contributed by atoms with E-state index in [1.807, 2.05) is 38.1 Å². The second-order valence-electron chi connectivity index (χ2n) is 6.45. The number of anilines is 1. The van der Waals surface area contributed by atoms with Crippen molar-refractivity contribution in [2.24, 2.45) is 0 Å². The van der Waals surface area contributed by atoms with Gasteiger partial charge in [0, 0.05) is 28.6 Å². The highest BCUT2D eigenvalue weighted by Gasteiger charge is 2.11. The molecule has 0 aliphatic heterocycles. The molecule has 0 unspecified atom stereocenters. The van der Waals surface area contributed by atoms with Gasteiger partial charge in [-0.1, -0.05) is 45.8 Å². The molecular formula is C21H21BrN2O2. The molecule has 0 radical (unpaired) electrons. The minimum atomic E-state index is -0.0396. The van der Waals surface area contributed by atoms with Crippen LogP contribution in [0.25, 0.3) is 11.3 Å². The van der Waals surface area contributed by atoms with Gasteiger partial charge in [0.25, 0.3) is 0 Å². The van der Waals surface area contributed by atoms with Crippen LogP contribution >= 0.6 is 15.9 Å². The lowest BCUT2D eigenvalue weighted by Crippen LogP contribution is -2.14. The number of hydrogen-bond donors (Lipinski definition) is 1. The Morgan fingerprint density at radius 1 is 1.15 bits per heavy atom. The third-order valence-electron chi connectivity index (χ3n) is 4.17. The number of carbonyl (C=O) groups is 1. The maximum absolute atomic E-state index is 12.3. The van der Waals surface area contributed by atoms with E-state index in [1.165, 1.54) is 5.56 Å². The van der Waals surface area contributed by atoms with Crippen molar-refractivity contribution in [1.29, 1.82) is 0 Å². The predicted octanol–water partition coefficient (Wildman–Crippen LogP) is 5.60. The molecule has 0 spiro atoms. The van der Waals surface area contributed by atoms with Crippen molar-refractivity contribution in [3.8, 4) is 11.3 Å². The Hall–Kier alpha value is -2.40. The van der Waals surface area contributed by atoms with E-state index in [2.05, 4.69) is 45.3 Å². The second kappa shape index (κ2) is 7.87. The number of nitrogens with zero attached hydrogens (tertiary/aromatic N) is 1. The number of carbonyl (C=O) groups excluding carboxylic acids is 1. The molecular weight excluding hydrogens is 392 g/mol. The van der Waals surface area contributed by atoms with E-state index >= 15 is 0 Å². The van der Waals surface area contributed by atoms with Crippen LogP contribution in [0, 0.1) is 20.8 Å². The Labute approximate surface area is 161 Å². The molecule has 5 heteroatoms. The summed E-state index contributed by atoms with van der Waals surface area (Å²) in [6.45, 7) is 6.07. The first kappa shape index (κ1) is 18.4. The van der Waals surface area contributed by atoms with Crippen LogP contribution < -0.4 is 5.32 Å². The number of aromatic nitrogens is 1. The summed E-state index contributed by atoms with van der Waals surface area (Å²) < 4.78 is 6.76. The van der Waals surface area contributed by atoms with Gasteiger partial charge in [0.2, 0.25) is 5.91 Å². The average Bonchev–Trinajstić information content (AvgIpc) is 3.05. The zero-order valence-electron chi connectivity index (χ0n) is 15.1. The van der Waals surface area contributed by atoms with Crippen LogP contribution in [0.15, 0.2) is 51.5 Å². The van der Waals surface area contributed by atoms with Crippen LogP contribution in [0.5, 0.6) is 0 Å². The lowest BCUT2D eigenvalue weighted by molar-refractivity contribution is -0.116. The van der Waals surface area contributed by atoms with Crippen molar-refractivity contribution in [1.82, 2.24) is 4.98 Å². The van der Waals surface area contributed by atoms with Gasteiger partial charge in [-0.15, -0.1) is 0 Å². The minimum absolute atomic E-state index is 0.0396. The van der Waals surface area contributed by atoms with Crippen LogP contribution in [0.4, 0.5) is 5.69 Å². The van der Waals surface area contributed by atoms with Crippen molar-refractivity contribution < 1.29 is 9.21 Å². The lowest BCUT2D eigenvalue weighted by atomic mass is 10.0. The summed E-state index contributed by atoms with van der Waals surface area (Å²) in [7, 11) is 0. The van der Waals surface area contributed by atoms with Crippen LogP contribution in [-0.4, -0.2) is 10.9 Å². The summed E-state index contributed by atoms with van der Waals surface area (Å²) in [4.78, 5) is 16.6. The molecule has 1 heterocycles. The number of hydrogen-bond acceptors (Lipinski definition) is 3. The maximum Gasteiger partial charge on any atom is 0.224 e. The number of aryl methyl sites for hydroxylation is 4. The first-order chi connectivity index (χ1) is 12.4. The smallest absolute Gasteiger partial charge is 0.224 e. The highest BCUT2D eigenvalue weighted by Crippen LogP contribution is 2.25. The highest BCUT2D eigenvalue weighted by molar-refractivity contribution is 9.10. The molecule has 0 aliphatic rings. The van der Waals surface area contributed by atoms with E-state index in [4.69, 9.17) is 4.42 Å². The summed E-state index contributed by atoms with van der Waals surface area (Å²) >= 11 is 3.45. The number of benzene rings is 2. The first-order valence-electron chi connectivity index (χ1n) is 8.51. The molecule has 134 valence electrons. The van der Waals surface area contributed by atoms with E-state index in [0.717, 1.165) is 26.9 Å². The van der Waals surface area contributed by atoms with E-state index in [-0.39, 0.29) is 5.91 Å². The van der Waals surface area contributed by atoms with Crippen molar-refractivity contribution in [2.75, 3.05) is 5.32 Å². The molecule has 3 aromatic rings. The molecule has 1 amide bonds. The van der Waals surface area contributed by atoms with Gasteiger partial charge in [0.05, 0.1) is 6.20 Å². The molecule has 0 aliphatic carbocycles. The number of rotatable bonds is 5. The van der Waals surface area contributed by atoms with Crippen molar-refractivity contribution in [2.45, 2.75) is 33.6 Å². The van der Waals surface area contributed by atoms with Gasteiger partial charge in [0.1, 0.15) is 0 Å². The zero-order valence-corrected chi connectivity index (χ0v) is 16.7. The highest BCUT2D eigenvalue weighted by atomic mass is 79.9. The van der Waals surface area contributed by atoms with Crippen molar-refractivity contribution in [3.63, 3.8) is 0 Å². The molecule has 0 saturated heterocycles. The number of halogens is 1. The molecule has 0 bridgehead atoms. The predicted molar refractivity (Wildman–Crippen MR) is 107 cm³/mol. The number of amides is 1. The summed E-state index contributed by atoms with van der Waals surface area (Å²) in [5.41, 5.74) is 5.18. The molecule has 0 saturated carbocycles. The van der Waals surface area contributed by atoms with Crippen LogP contribution in [-0.2, 0) is 11.2 Å². The fraction of sp³-hybridized carbons (Fsp3) is 0.238. The van der Waals surface area contributed by atoms with Gasteiger partial charge in [-0.2, -0.15) is 0 Å². The van der Waals surface area contributed by atoms with Gasteiger partial charge >= 0.3 is 0 Å². The van der Waals surface area contributed by atoms with Crippen LogP contribution in [0.1, 0.15) is 29.0 Å². The van der Waals surface area contributed by atoms with Crippen molar-refractivity contribution in [3.05, 3.63) is 69.6 Å². The zero-order chi connectivity index (χ0) is 18.7. The third kappa shape index (κ3) is 4.41. The summed E-state index contributed by atoms with van der Waals surface area (Å²) in [6, 6.07) is 12.0. The van der Waals surface area contributed by atoms with Crippen molar-refractivity contribution >= 4 is 27.5 Å². The fourth-order valence-electron chi connectivity index (χ4n) is 3.00. The van der Waals surface area contributed by atoms with E-state index in [0.29, 0.717) is 24.5 Å². The summed E-state index contributed by atoms with van der Waals surface area (Å²) in [5, 5.41) is 3.01. The Bertz CT molecular complexity index is 924. The Morgan fingerprint density at radius 2 is 1.88 bits per heavy atom. The van der Waals surface area contributed by atoms with Gasteiger partial charge in [-0.3, -0.25) is 4.79 Å². The molecule has 1 N–H and O–H groups in total. The van der Waals surface area contributed by atoms with Gasteiger partial charge in [-0.25, -0.2) is 4.98 Å². The molecule has 3 rings (SSSR count). The van der Waals surface area contributed by atoms with Crippen LogP contribution in [0.2, 0.25) is 0 Å². The third-order valence-corrected chi connectivity index (χ3v) is 4.66. The summed E-state index contributed by atoms with van der Waals surface area (Å²) in [6.07, 6.45) is 2.48. The molecule has 0 fully saturated rings. The SMILES string of the molecule is Cc1cc(C)c(NC(=O)CCc2ncc(-c3cccc(Br)c3)o2)c(C)c1. The molecule has 4 nitrogen and oxygen atoms in total. The fourth-order valence-corrected chi connectivity index (χ4v) is 3.40. The Balaban J connectivity index is 1.62. The quantitative estimate of drug-likeness (QED) is 0.592. The molecule has 1 aromatic heterocycles. The van der Waals surface area contributed by atoms with E-state index in [9.17, 15) is 4.79 Å². The van der Waals surface area contributed by atoms with Crippen LogP contribution in [0.3, 0.4) is 0 Å². The van der Waals surface area contributed by atoms with E-state index < -0.39 is 0 Å². The molecule has 0 atom stereocenters. The summed E-state index contributed by atoms with van der Waals surface area (Å²) in [5.74, 6) is 1.22. The van der Waals surface area contributed by atoms with Gasteiger partial charge < -0.3 is 9.73 Å². The standard InChI is InChI=1S/C21H21BrN2O2/c1-13-9-14(2)21(15(3)10-13)24-19(25)7-8-20-23-12-18(26-20)16-5-4-6-17(22)11-16/h4-6,9-12H,7-8H2,1-3H3,(H,24,25). The average molecular weight is 413 g/mol. The maximum atomic E-state index is 12.3.